The van der Waals surface area contributed by atoms with E-state index in [1.54, 1.807) is 0 Å². The summed E-state index contributed by atoms with van der Waals surface area (Å²) in [6.45, 7) is 4.60. The zero-order valence-corrected chi connectivity index (χ0v) is 49.7. The molecule has 0 saturated carbocycles. The molecule has 3 unspecified atom stereocenters. The number of carbonyl (C=O) groups is 1. The molecule has 0 heterocycles. The van der Waals surface area contributed by atoms with Crippen LogP contribution < -0.4 is 10.2 Å². The number of nitrogens with one attached hydrogen (secondary N) is 1. The summed E-state index contributed by atoms with van der Waals surface area (Å²) < 4.78 is 23.3. The first-order valence-electron chi connectivity index (χ1n) is 30.6. The van der Waals surface area contributed by atoms with Crippen LogP contribution in [0, 0.1) is 0 Å². The summed E-state index contributed by atoms with van der Waals surface area (Å²) in [4.78, 5) is 25.5. The quantitative estimate of drug-likeness (QED) is 0.0272. The summed E-state index contributed by atoms with van der Waals surface area (Å²) in [6, 6.07) is -0.803. The first kappa shape index (κ1) is 71.4. The lowest BCUT2D eigenvalue weighted by molar-refractivity contribution is -0.870. The van der Waals surface area contributed by atoms with Crippen molar-refractivity contribution in [3.63, 3.8) is 0 Å². The van der Waals surface area contributed by atoms with Crippen molar-refractivity contribution in [2.45, 2.75) is 270 Å². The van der Waals surface area contributed by atoms with Gasteiger partial charge in [0.2, 0.25) is 5.91 Å². The van der Waals surface area contributed by atoms with E-state index in [1.807, 2.05) is 21.1 Å². The van der Waals surface area contributed by atoms with Crippen LogP contribution in [0.5, 0.6) is 0 Å². The molecule has 0 aliphatic rings. The highest BCUT2D eigenvalue weighted by Gasteiger charge is 2.24. The Bertz CT molecular complexity index is 1520. The predicted octanol–water partition coefficient (Wildman–Crippen LogP) is 18.4. The molecular weight excluding hydrogens is 936 g/mol. The molecule has 8 nitrogen and oxygen atoms in total. The largest absolute Gasteiger partial charge is 0.756 e. The second kappa shape index (κ2) is 55.2. The smallest absolute Gasteiger partial charge is 0.268 e. The summed E-state index contributed by atoms with van der Waals surface area (Å²) >= 11 is 0. The van der Waals surface area contributed by atoms with E-state index in [9.17, 15) is 19.4 Å². The number of phosphoric ester groups is 1. The fourth-order valence-electron chi connectivity index (χ4n) is 8.59. The van der Waals surface area contributed by atoms with Gasteiger partial charge in [0.15, 0.2) is 0 Å². The van der Waals surface area contributed by atoms with Gasteiger partial charge in [0.25, 0.3) is 7.82 Å². The Morgan fingerprint density at radius 3 is 1.20 bits per heavy atom. The average molecular weight is 1050 g/mol. The molecule has 74 heavy (non-hydrogen) atoms. The van der Waals surface area contributed by atoms with E-state index >= 15 is 0 Å². The van der Waals surface area contributed by atoms with Crippen molar-refractivity contribution >= 4 is 13.7 Å². The highest BCUT2D eigenvalue weighted by atomic mass is 31.2. The minimum absolute atomic E-state index is 0.0101. The number of quaternary nitrogens is 1. The molecule has 0 bridgehead atoms. The van der Waals surface area contributed by atoms with Crippen molar-refractivity contribution in [1.29, 1.82) is 0 Å². The summed E-state index contributed by atoms with van der Waals surface area (Å²) in [5.74, 6) is -0.167. The Kier molecular flexibility index (Phi) is 53.3. The Morgan fingerprint density at radius 1 is 0.486 bits per heavy atom. The monoisotopic (exact) mass is 1050 g/mol. The highest BCUT2D eigenvalue weighted by Crippen LogP contribution is 2.38. The molecule has 0 fully saturated rings. The van der Waals surface area contributed by atoms with E-state index in [0.717, 1.165) is 89.9 Å². The summed E-state index contributed by atoms with van der Waals surface area (Å²) in [6.07, 6.45) is 78.9. The number of rotatable bonds is 55. The van der Waals surface area contributed by atoms with Crippen LogP contribution in [0.3, 0.4) is 0 Å². The van der Waals surface area contributed by atoms with E-state index in [-0.39, 0.29) is 19.1 Å². The van der Waals surface area contributed by atoms with Crippen molar-refractivity contribution in [2.24, 2.45) is 0 Å². The zero-order chi connectivity index (χ0) is 54.2. The first-order valence-corrected chi connectivity index (χ1v) is 32.0. The van der Waals surface area contributed by atoms with Gasteiger partial charge < -0.3 is 28.8 Å². The molecule has 0 radical (unpaired) electrons. The van der Waals surface area contributed by atoms with E-state index in [4.69, 9.17) is 9.05 Å². The van der Waals surface area contributed by atoms with Crippen molar-refractivity contribution in [3.05, 3.63) is 97.2 Å². The predicted molar refractivity (Wildman–Crippen MR) is 320 cm³/mol. The van der Waals surface area contributed by atoms with Gasteiger partial charge in [-0.2, -0.15) is 0 Å². The van der Waals surface area contributed by atoms with Crippen LogP contribution in [0.25, 0.3) is 0 Å². The third-order valence-electron chi connectivity index (χ3n) is 13.3. The number of aliphatic hydroxyl groups is 1. The van der Waals surface area contributed by atoms with Crippen LogP contribution in [0.2, 0.25) is 0 Å². The molecule has 0 aromatic heterocycles. The van der Waals surface area contributed by atoms with Crippen molar-refractivity contribution in [3.8, 4) is 0 Å². The van der Waals surface area contributed by atoms with Gasteiger partial charge >= 0.3 is 0 Å². The normalized spacial score (nSPS) is 14.5. The number of nitrogens with zero attached hydrogens (tertiary/aromatic N) is 1. The van der Waals surface area contributed by atoms with Crippen molar-refractivity contribution in [1.82, 2.24) is 5.32 Å². The minimum Gasteiger partial charge on any atom is -0.756 e. The molecule has 0 aromatic carbocycles. The third-order valence-corrected chi connectivity index (χ3v) is 14.3. The third kappa shape index (κ3) is 57.1. The number of aliphatic hydroxyl groups excluding tert-OH is 1. The molecule has 2 N–H and O–H groups in total. The van der Waals surface area contributed by atoms with Gasteiger partial charge in [0.1, 0.15) is 13.2 Å². The molecule has 0 spiro atoms. The van der Waals surface area contributed by atoms with Crippen molar-refractivity contribution < 1.29 is 32.9 Å². The number of hydrogen-bond acceptors (Lipinski definition) is 6. The van der Waals surface area contributed by atoms with Gasteiger partial charge in [-0.1, -0.05) is 272 Å². The minimum atomic E-state index is -4.57. The van der Waals surface area contributed by atoms with Gasteiger partial charge in [-0.3, -0.25) is 9.36 Å². The van der Waals surface area contributed by atoms with Crippen LogP contribution in [-0.4, -0.2) is 68.5 Å². The van der Waals surface area contributed by atoms with Crippen LogP contribution in [-0.2, 0) is 18.4 Å². The SMILES string of the molecule is CC/C=C\C/C=C\C/C=C\C/C=C\C/C=C\C/C=C\C/C=C\C/C=C\CCCCCCCCCCCCCCCCCCC(=O)NC(COP(=O)([O-])OCC[N+](C)(C)C)C(O)CCCCCCCCCCCCC. The Balaban J connectivity index is 3.92. The van der Waals surface area contributed by atoms with E-state index < -0.39 is 20.0 Å². The molecule has 0 saturated heterocycles. The van der Waals surface area contributed by atoms with Crippen LogP contribution in [0.15, 0.2) is 97.2 Å². The van der Waals surface area contributed by atoms with Gasteiger partial charge in [0, 0.05) is 6.42 Å². The molecule has 0 aromatic rings. The van der Waals surface area contributed by atoms with Gasteiger partial charge in [-0.25, -0.2) is 0 Å². The molecule has 1 amide bonds. The van der Waals surface area contributed by atoms with Crippen LogP contribution >= 0.6 is 7.82 Å². The lowest BCUT2D eigenvalue weighted by atomic mass is 10.0. The highest BCUT2D eigenvalue weighted by molar-refractivity contribution is 7.45. The zero-order valence-electron chi connectivity index (χ0n) is 48.8. The number of amides is 1. The maximum atomic E-state index is 13.0. The Morgan fingerprint density at radius 2 is 0.824 bits per heavy atom. The summed E-state index contributed by atoms with van der Waals surface area (Å²) in [5, 5.41) is 14.0. The molecular formula is C65H117N2O6P. The lowest BCUT2D eigenvalue weighted by Crippen LogP contribution is -2.46. The molecule has 0 aliphatic carbocycles. The fraction of sp³-hybridized carbons (Fsp3) is 0.738. The van der Waals surface area contributed by atoms with E-state index in [0.29, 0.717) is 23.9 Å². The molecule has 0 rings (SSSR count). The van der Waals surface area contributed by atoms with Crippen LogP contribution in [0.4, 0.5) is 0 Å². The maximum absolute atomic E-state index is 13.0. The molecule has 0 aliphatic heterocycles. The topological polar surface area (TPSA) is 108 Å². The maximum Gasteiger partial charge on any atom is 0.268 e. The van der Waals surface area contributed by atoms with Gasteiger partial charge in [0.05, 0.1) is 39.9 Å². The number of carbonyl (C=O) groups excluding carboxylic acids is 1. The molecule has 428 valence electrons. The molecule has 3 atom stereocenters. The number of likely N-dealkylation sites (N-methyl/N-ethyl adjacent to an activating group) is 1. The van der Waals surface area contributed by atoms with Crippen molar-refractivity contribution in [2.75, 3.05) is 40.9 Å². The van der Waals surface area contributed by atoms with E-state index in [2.05, 4.69) is 116 Å². The van der Waals surface area contributed by atoms with Crippen LogP contribution in [0.1, 0.15) is 258 Å². The number of phosphoric acid groups is 1. The fourth-order valence-corrected chi connectivity index (χ4v) is 9.31. The average Bonchev–Trinajstić information content (AvgIpc) is 3.36. The van der Waals surface area contributed by atoms with E-state index in [1.165, 1.54) is 141 Å². The summed E-state index contributed by atoms with van der Waals surface area (Å²) in [7, 11) is 1.30. The Labute approximate surface area is 458 Å². The second-order valence-electron chi connectivity index (χ2n) is 21.7. The van der Waals surface area contributed by atoms with Gasteiger partial charge in [-0.05, 0) is 77.0 Å². The number of unbranched alkanes of at least 4 members (excludes halogenated alkanes) is 26. The standard InChI is InChI=1S/C65H117N2O6P/c1-6-8-10-12-14-16-18-19-20-21-22-23-24-25-26-27-28-29-30-31-32-33-34-35-36-37-38-39-40-41-42-43-44-45-46-47-49-51-53-55-57-59-65(69)66-63(62-73-74(70,71)72-61-60-67(3,4)5)64(68)58-56-54-52-50-48-17-15-13-11-9-7-2/h8,10,14,16,19-20,22-23,25-26,28-29,31-32,34-35,63-64,68H,6-7,9,11-13,15,17-18,21,24,27,30,33,36-62H2,1-5H3,(H-,66,69,70,71)/b10-8-,16-14-,20-19-,23-22-,26-25-,29-28-,32-31-,35-34-. The Hall–Kier alpha value is -2.58. The number of hydrogen-bond donors (Lipinski definition) is 2. The molecule has 9 heteroatoms. The second-order valence-corrected chi connectivity index (χ2v) is 23.1. The summed E-state index contributed by atoms with van der Waals surface area (Å²) in [5.41, 5.74) is 0. The first-order chi connectivity index (χ1) is 36.0. The van der Waals surface area contributed by atoms with Gasteiger partial charge in [-0.15, -0.1) is 0 Å². The lowest BCUT2D eigenvalue weighted by Gasteiger charge is -2.30. The number of allylic oxidation sites excluding steroid dienone is 16.